The second-order valence-electron chi connectivity index (χ2n) is 9.36. The number of benzene rings is 1. The first kappa shape index (κ1) is 23.7. The normalized spacial score (nSPS) is 21.2. The number of amides is 2. The third-order valence-corrected chi connectivity index (χ3v) is 9.07. The van der Waals surface area contributed by atoms with Crippen molar-refractivity contribution in [2.24, 2.45) is 0 Å². The van der Waals surface area contributed by atoms with E-state index in [1.165, 1.54) is 11.8 Å². The van der Waals surface area contributed by atoms with Crippen LogP contribution in [0.15, 0.2) is 47.5 Å². The van der Waals surface area contributed by atoms with Crippen LogP contribution in [-0.4, -0.2) is 79.7 Å². The van der Waals surface area contributed by atoms with Crippen molar-refractivity contribution in [2.45, 2.75) is 43.5 Å². The molecule has 1 aromatic heterocycles. The van der Waals surface area contributed by atoms with Crippen molar-refractivity contribution in [3.8, 4) is 0 Å². The average Bonchev–Trinajstić information content (AvgIpc) is 3.28. The summed E-state index contributed by atoms with van der Waals surface area (Å²) >= 11 is 0. The second-order valence-corrected chi connectivity index (χ2v) is 11.3. The maximum atomic E-state index is 13.5. The summed E-state index contributed by atoms with van der Waals surface area (Å²) in [5.41, 5.74) is 1.35. The van der Waals surface area contributed by atoms with E-state index < -0.39 is 16.1 Å². The van der Waals surface area contributed by atoms with Gasteiger partial charge in [0.1, 0.15) is 11.9 Å². The summed E-state index contributed by atoms with van der Waals surface area (Å²) in [7, 11) is -3.59. The van der Waals surface area contributed by atoms with Crippen molar-refractivity contribution in [3.05, 3.63) is 48.2 Å². The molecule has 2 amide bonds. The molecule has 9 nitrogen and oxygen atoms in total. The standard InChI is InChI=1S/C25H31N5O4S/c1-19(31)30-22-9-8-21(35(33,34)29-11-5-2-6-12-29)17-20(22)18-23(30)25(32)28-15-13-27(14-16-28)24-7-3-4-10-26-24/h3-4,7-10,17,23H,2,5-6,11-16,18H2,1H3/t23-/m0/s1. The summed E-state index contributed by atoms with van der Waals surface area (Å²) < 4.78 is 27.9. The zero-order valence-corrected chi connectivity index (χ0v) is 20.8. The summed E-state index contributed by atoms with van der Waals surface area (Å²) in [6, 6.07) is 10.0. The van der Waals surface area contributed by atoms with Crippen molar-refractivity contribution < 1.29 is 18.0 Å². The van der Waals surface area contributed by atoms with Crippen LogP contribution in [0.3, 0.4) is 0 Å². The quantitative estimate of drug-likeness (QED) is 0.640. The highest BCUT2D eigenvalue weighted by atomic mass is 32.2. The van der Waals surface area contributed by atoms with Crippen LogP contribution in [0.1, 0.15) is 31.7 Å². The minimum Gasteiger partial charge on any atom is -0.353 e. The van der Waals surface area contributed by atoms with Crippen LogP contribution in [-0.2, 0) is 26.0 Å². The van der Waals surface area contributed by atoms with Gasteiger partial charge in [-0.3, -0.25) is 14.5 Å². The molecule has 2 aromatic rings. The van der Waals surface area contributed by atoms with Gasteiger partial charge >= 0.3 is 0 Å². The van der Waals surface area contributed by atoms with E-state index >= 15 is 0 Å². The van der Waals surface area contributed by atoms with Crippen molar-refractivity contribution in [3.63, 3.8) is 0 Å². The van der Waals surface area contributed by atoms with Gasteiger partial charge in [-0.2, -0.15) is 4.31 Å². The highest BCUT2D eigenvalue weighted by molar-refractivity contribution is 7.89. The number of carbonyl (C=O) groups is 2. The number of rotatable bonds is 4. The Morgan fingerprint density at radius 1 is 0.943 bits per heavy atom. The molecule has 0 aliphatic carbocycles. The van der Waals surface area contributed by atoms with Crippen molar-refractivity contribution in [2.75, 3.05) is 49.1 Å². The molecule has 0 radical (unpaired) electrons. The molecule has 1 atom stereocenters. The van der Waals surface area contributed by atoms with Crippen molar-refractivity contribution in [1.82, 2.24) is 14.2 Å². The van der Waals surface area contributed by atoms with E-state index in [-0.39, 0.29) is 16.7 Å². The van der Waals surface area contributed by atoms with E-state index in [1.54, 1.807) is 33.6 Å². The van der Waals surface area contributed by atoms with Crippen LogP contribution in [0.2, 0.25) is 0 Å². The number of nitrogens with zero attached hydrogens (tertiary/aromatic N) is 5. The Morgan fingerprint density at radius 3 is 2.34 bits per heavy atom. The molecule has 0 spiro atoms. The minimum absolute atomic E-state index is 0.0995. The third kappa shape index (κ3) is 4.52. The fourth-order valence-corrected chi connectivity index (χ4v) is 6.91. The molecule has 2 saturated heterocycles. The van der Waals surface area contributed by atoms with Gasteiger partial charge in [0, 0.05) is 64.5 Å². The predicted octanol–water partition coefficient (Wildman–Crippen LogP) is 1.88. The van der Waals surface area contributed by atoms with Crippen LogP contribution < -0.4 is 9.80 Å². The zero-order valence-electron chi connectivity index (χ0n) is 20.0. The Kier molecular flexibility index (Phi) is 6.50. The molecule has 10 heteroatoms. The molecule has 5 rings (SSSR count). The number of piperidine rings is 1. The van der Waals surface area contributed by atoms with Gasteiger partial charge in [-0.1, -0.05) is 12.5 Å². The van der Waals surface area contributed by atoms with Crippen LogP contribution in [0.25, 0.3) is 0 Å². The van der Waals surface area contributed by atoms with Crippen molar-refractivity contribution in [1.29, 1.82) is 0 Å². The number of fused-ring (bicyclic) bond motifs is 1. The lowest BCUT2D eigenvalue weighted by atomic mass is 10.1. The summed E-state index contributed by atoms with van der Waals surface area (Å²) in [4.78, 5) is 36.2. The largest absolute Gasteiger partial charge is 0.353 e. The van der Waals surface area contributed by atoms with Gasteiger partial charge in [0.15, 0.2) is 0 Å². The van der Waals surface area contributed by atoms with E-state index in [1.807, 2.05) is 18.2 Å². The van der Waals surface area contributed by atoms with E-state index in [2.05, 4.69) is 9.88 Å². The van der Waals surface area contributed by atoms with Gasteiger partial charge in [-0.15, -0.1) is 0 Å². The molecular weight excluding hydrogens is 466 g/mol. The summed E-state index contributed by atoms with van der Waals surface area (Å²) in [5.74, 6) is 0.569. The Hall–Kier alpha value is -2.98. The molecule has 186 valence electrons. The lowest BCUT2D eigenvalue weighted by Crippen LogP contribution is -2.55. The molecule has 0 bridgehead atoms. The number of carbonyl (C=O) groups excluding carboxylic acids is 2. The Labute approximate surface area is 206 Å². The van der Waals surface area contributed by atoms with E-state index in [9.17, 15) is 18.0 Å². The molecule has 3 aliphatic heterocycles. The molecule has 0 N–H and O–H groups in total. The Bertz CT molecular complexity index is 1210. The van der Waals surface area contributed by atoms with Crippen LogP contribution in [0, 0.1) is 0 Å². The summed E-state index contributed by atoms with van der Waals surface area (Å²) in [6.07, 6.45) is 4.85. The molecule has 1 aromatic carbocycles. The molecule has 35 heavy (non-hydrogen) atoms. The van der Waals surface area contributed by atoms with Gasteiger partial charge in [-0.25, -0.2) is 13.4 Å². The maximum Gasteiger partial charge on any atom is 0.246 e. The fourth-order valence-electron chi connectivity index (χ4n) is 5.34. The summed E-state index contributed by atoms with van der Waals surface area (Å²) in [6.45, 7) is 4.94. The number of sulfonamides is 1. The molecule has 3 aliphatic rings. The molecule has 0 unspecified atom stereocenters. The minimum atomic E-state index is -3.59. The molecule has 4 heterocycles. The van der Waals surface area contributed by atoms with E-state index in [4.69, 9.17) is 0 Å². The average molecular weight is 498 g/mol. The lowest BCUT2D eigenvalue weighted by Gasteiger charge is -2.37. The van der Waals surface area contributed by atoms with E-state index in [0.717, 1.165) is 30.6 Å². The van der Waals surface area contributed by atoms with Gasteiger partial charge in [0.05, 0.1) is 4.90 Å². The number of pyridine rings is 1. The number of piperazine rings is 1. The highest BCUT2D eigenvalue weighted by Gasteiger charge is 2.40. The number of aromatic nitrogens is 1. The molecule has 2 fully saturated rings. The van der Waals surface area contributed by atoms with Gasteiger partial charge in [0.2, 0.25) is 21.8 Å². The molecular formula is C25H31N5O4S. The monoisotopic (exact) mass is 497 g/mol. The third-order valence-electron chi connectivity index (χ3n) is 7.18. The van der Waals surface area contributed by atoms with Gasteiger partial charge < -0.3 is 9.80 Å². The summed E-state index contributed by atoms with van der Waals surface area (Å²) in [5, 5.41) is 0. The first-order chi connectivity index (χ1) is 16.9. The van der Waals surface area contributed by atoms with Gasteiger partial charge in [0.25, 0.3) is 0 Å². The maximum absolute atomic E-state index is 13.5. The van der Waals surface area contributed by atoms with E-state index in [0.29, 0.717) is 51.4 Å². The second kappa shape index (κ2) is 9.58. The first-order valence-corrected chi connectivity index (χ1v) is 13.7. The number of hydrogen-bond donors (Lipinski definition) is 0. The Morgan fingerprint density at radius 2 is 1.69 bits per heavy atom. The number of hydrogen-bond acceptors (Lipinski definition) is 6. The molecule has 0 saturated carbocycles. The van der Waals surface area contributed by atoms with Gasteiger partial charge in [-0.05, 0) is 48.7 Å². The van der Waals surface area contributed by atoms with Crippen LogP contribution >= 0.6 is 0 Å². The SMILES string of the molecule is CC(=O)N1c2ccc(S(=O)(=O)N3CCCCC3)cc2C[C@H]1C(=O)N1CCN(c2ccccn2)CC1. The van der Waals surface area contributed by atoms with Crippen LogP contribution in [0.4, 0.5) is 11.5 Å². The smallest absolute Gasteiger partial charge is 0.246 e. The Balaban J connectivity index is 1.33. The zero-order chi connectivity index (χ0) is 24.6. The lowest BCUT2D eigenvalue weighted by molar-refractivity contribution is -0.134. The topological polar surface area (TPSA) is 94.1 Å². The van der Waals surface area contributed by atoms with Crippen molar-refractivity contribution >= 4 is 33.3 Å². The fraction of sp³-hybridized carbons (Fsp3) is 0.480. The number of anilines is 2. The predicted molar refractivity (Wildman–Crippen MR) is 133 cm³/mol. The first-order valence-electron chi connectivity index (χ1n) is 12.2. The van der Waals surface area contributed by atoms with Crippen LogP contribution in [0.5, 0.6) is 0 Å². The highest BCUT2D eigenvalue weighted by Crippen LogP contribution is 2.36.